The normalized spacial score (nSPS) is 10.9. The second kappa shape index (κ2) is 4.00. The Bertz CT molecular complexity index is 290. The minimum absolute atomic E-state index is 0.815. The molecule has 0 aromatic carbocycles. The van der Waals surface area contributed by atoms with Crippen LogP contribution in [0.1, 0.15) is 23.9 Å². The zero-order valence-corrected chi connectivity index (χ0v) is 7.83. The molecule has 1 aromatic heterocycles. The van der Waals surface area contributed by atoms with Crippen molar-refractivity contribution in [3.05, 3.63) is 29.1 Å². The fraction of sp³-hybridized carbons (Fsp3) is 0.400. The molecular formula is C10H14N2. The number of aliphatic imine (C=N–C) groups is 1. The predicted molar refractivity (Wildman–Crippen MR) is 51.8 cm³/mol. The number of hydrogen-bond acceptors (Lipinski definition) is 2. The first-order chi connectivity index (χ1) is 5.74. The van der Waals surface area contributed by atoms with Gasteiger partial charge in [0, 0.05) is 18.5 Å². The summed E-state index contributed by atoms with van der Waals surface area (Å²) in [6, 6.07) is 4.08. The van der Waals surface area contributed by atoms with E-state index < -0.39 is 0 Å². The van der Waals surface area contributed by atoms with Gasteiger partial charge in [-0.25, -0.2) is 0 Å². The summed E-state index contributed by atoms with van der Waals surface area (Å²) in [6.07, 6.45) is 1.84. The van der Waals surface area contributed by atoms with Crippen LogP contribution in [0.15, 0.2) is 17.1 Å². The maximum absolute atomic E-state index is 4.36. The Morgan fingerprint density at radius 1 is 1.42 bits per heavy atom. The molecule has 0 unspecified atom stereocenters. The third kappa shape index (κ3) is 2.16. The molecule has 0 atom stereocenters. The molecule has 1 rings (SSSR count). The third-order valence-electron chi connectivity index (χ3n) is 1.67. The molecule has 1 heterocycles. The molecule has 0 aliphatic heterocycles. The van der Waals surface area contributed by atoms with Gasteiger partial charge in [-0.15, -0.1) is 0 Å². The van der Waals surface area contributed by atoms with Crippen LogP contribution >= 0.6 is 0 Å². The highest BCUT2D eigenvalue weighted by atomic mass is 14.8. The van der Waals surface area contributed by atoms with Gasteiger partial charge in [0.15, 0.2) is 0 Å². The lowest BCUT2D eigenvalue weighted by Gasteiger charge is -1.99. The Hall–Kier alpha value is -1.18. The molecule has 12 heavy (non-hydrogen) atoms. The van der Waals surface area contributed by atoms with Gasteiger partial charge in [-0.1, -0.05) is 6.07 Å². The average Bonchev–Trinajstić information content (AvgIpc) is 2.07. The largest absolute Gasteiger partial charge is 0.291 e. The summed E-state index contributed by atoms with van der Waals surface area (Å²) < 4.78 is 0. The highest BCUT2D eigenvalue weighted by Gasteiger charge is 1.95. The monoisotopic (exact) mass is 162 g/mol. The van der Waals surface area contributed by atoms with E-state index in [0.717, 1.165) is 17.9 Å². The number of aromatic nitrogens is 1. The Morgan fingerprint density at radius 3 is 2.83 bits per heavy atom. The van der Waals surface area contributed by atoms with Crippen molar-refractivity contribution in [1.82, 2.24) is 4.98 Å². The quantitative estimate of drug-likeness (QED) is 0.611. The van der Waals surface area contributed by atoms with E-state index in [-0.39, 0.29) is 0 Å². The molecule has 64 valence electrons. The van der Waals surface area contributed by atoms with Crippen LogP contribution in [0.5, 0.6) is 0 Å². The summed E-state index contributed by atoms with van der Waals surface area (Å²) in [5.41, 5.74) is 3.20. The molecule has 0 saturated carbocycles. The number of rotatable bonds is 2. The molecule has 0 aliphatic rings. The smallest absolute Gasteiger partial charge is 0.0840 e. The van der Waals surface area contributed by atoms with E-state index in [1.807, 2.05) is 33.1 Å². The van der Waals surface area contributed by atoms with Crippen LogP contribution in [-0.2, 0) is 0 Å². The second-order valence-electron chi connectivity index (χ2n) is 2.78. The Kier molecular flexibility index (Phi) is 2.97. The summed E-state index contributed by atoms with van der Waals surface area (Å²) >= 11 is 0. The Balaban J connectivity index is 2.97. The van der Waals surface area contributed by atoms with E-state index in [4.69, 9.17) is 0 Å². The van der Waals surface area contributed by atoms with Gasteiger partial charge in [0.25, 0.3) is 0 Å². The van der Waals surface area contributed by atoms with E-state index in [0.29, 0.717) is 0 Å². The van der Waals surface area contributed by atoms with E-state index >= 15 is 0 Å². The summed E-state index contributed by atoms with van der Waals surface area (Å²) in [7, 11) is 0. The second-order valence-corrected chi connectivity index (χ2v) is 2.78. The van der Waals surface area contributed by atoms with Crippen molar-refractivity contribution in [3.63, 3.8) is 0 Å². The van der Waals surface area contributed by atoms with Crippen molar-refractivity contribution in [2.45, 2.75) is 20.8 Å². The molecule has 0 N–H and O–H groups in total. The lowest BCUT2D eigenvalue weighted by Crippen LogP contribution is -1.94. The van der Waals surface area contributed by atoms with Gasteiger partial charge in [-0.05, 0) is 32.4 Å². The van der Waals surface area contributed by atoms with Crippen LogP contribution < -0.4 is 0 Å². The zero-order chi connectivity index (χ0) is 8.97. The van der Waals surface area contributed by atoms with Crippen molar-refractivity contribution in [3.8, 4) is 0 Å². The molecule has 0 radical (unpaired) electrons. The molecule has 0 saturated heterocycles. The molecular weight excluding hydrogens is 148 g/mol. The molecule has 0 fully saturated rings. The standard InChI is InChI=1S/C10H14N2/c1-4-11-7-10-8(2)5-6-9(3)12-10/h5-7H,4H2,1-3H3/b11-7-. The Morgan fingerprint density at radius 2 is 2.17 bits per heavy atom. The van der Waals surface area contributed by atoms with E-state index in [1.165, 1.54) is 5.56 Å². The fourth-order valence-corrected chi connectivity index (χ4v) is 0.955. The topological polar surface area (TPSA) is 25.2 Å². The molecule has 2 nitrogen and oxygen atoms in total. The van der Waals surface area contributed by atoms with Crippen LogP contribution in [0.2, 0.25) is 0 Å². The van der Waals surface area contributed by atoms with Crippen molar-refractivity contribution >= 4 is 6.21 Å². The summed E-state index contributed by atoms with van der Waals surface area (Å²) in [6.45, 7) is 6.86. The number of hydrogen-bond donors (Lipinski definition) is 0. The maximum atomic E-state index is 4.36. The highest BCUT2D eigenvalue weighted by molar-refractivity contribution is 5.78. The van der Waals surface area contributed by atoms with Gasteiger partial charge in [0.05, 0.1) is 5.69 Å². The van der Waals surface area contributed by atoms with Crippen LogP contribution in [-0.4, -0.2) is 17.7 Å². The first kappa shape index (κ1) is 8.91. The van der Waals surface area contributed by atoms with Crippen molar-refractivity contribution in [2.75, 3.05) is 6.54 Å². The molecule has 1 aromatic rings. The summed E-state index contributed by atoms with van der Waals surface area (Å²) in [5, 5.41) is 0. The molecule has 0 bridgehead atoms. The van der Waals surface area contributed by atoms with Crippen LogP contribution in [0, 0.1) is 13.8 Å². The Labute approximate surface area is 73.4 Å². The fourth-order valence-electron chi connectivity index (χ4n) is 0.955. The number of nitrogens with zero attached hydrogens (tertiary/aromatic N) is 2. The number of aryl methyl sites for hydroxylation is 2. The maximum Gasteiger partial charge on any atom is 0.0840 e. The first-order valence-electron chi connectivity index (χ1n) is 4.18. The van der Waals surface area contributed by atoms with Gasteiger partial charge < -0.3 is 0 Å². The van der Waals surface area contributed by atoms with Crippen molar-refractivity contribution in [1.29, 1.82) is 0 Å². The van der Waals surface area contributed by atoms with Crippen LogP contribution in [0.25, 0.3) is 0 Å². The molecule has 0 spiro atoms. The lowest BCUT2D eigenvalue weighted by molar-refractivity contribution is 1.11. The summed E-state index contributed by atoms with van der Waals surface area (Å²) in [5.74, 6) is 0. The minimum atomic E-state index is 0.815. The highest BCUT2D eigenvalue weighted by Crippen LogP contribution is 2.03. The van der Waals surface area contributed by atoms with Crippen LogP contribution in [0.4, 0.5) is 0 Å². The van der Waals surface area contributed by atoms with Crippen molar-refractivity contribution < 1.29 is 0 Å². The van der Waals surface area contributed by atoms with Crippen LogP contribution in [0.3, 0.4) is 0 Å². The average molecular weight is 162 g/mol. The van der Waals surface area contributed by atoms with Gasteiger partial charge in [-0.3, -0.25) is 9.98 Å². The van der Waals surface area contributed by atoms with E-state index in [9.17, 15) is 0 Å². The SMILES string of the molecule is CC/N=C\c1nc(C)ccc1C. The lowest BCUT2D eigenvalue weighted by atomic mass is 10.2. The van der Waals surface area contributed by atoms with Gasteiger partial charge in [-0.2, -0.15) is 0 Å². The zero-order valence-electron chi connectivity index (χ0n) is 7.83. The number of pyridine rings is 1. The van der Waals surface area contributed by atoms with Gasteiger partial charge in [0.2, 0.25) is 0 Å². The first-order valence-corrected chi connectivity index (χ1v) is 4.18. The third-order valence-corrected chi connectivity index (χ3v) is 1.67. The molecule has 0 amide bonds. The van der Waals surface area contributed by atoms with Gasteiger partial charge in [0.1, 0.15) is 0 Å². The van der Waals surface area contributed by atoms with Gasteiger partial charge >= 0.3 is 0 Å². The predicted octanol–water partition coefficient (Wildman–Crippen LogP) is 2.14. The molecule has 0 aliphatic carbocycles. The summed E-state index contributed by atoms with van der Waals surface area (Å²) in [4.78, 5) is 8.52. The molecule has 2 heteroatoms. The van der Waals surface area contributed by atoms with E-state index in [1.54, 1.807) is 0 Å². The van der Waals surface area contributed by atoms with Crippen molar-refractivity contribution in [2.24, 2.45) is 4.99 Å². The van der Waals surface area contributed by atoms with E-state index in [2.05, 4.69) is 16.0 Å². The minimum Gasteiger partial charge on any atom is -0.291 e.